The third kappa shape index (κ3) is 4.20. The summed E-state index contributed by atoms with van der Waals surface area (Å²) in [5.41, 5.74) is -0.634. The normalized spacial score (nSPS) is 21.1. The van der Waals surface area contributed by atoms with E-state index in [1.165, 1.54) is 0 Å². The molecule has 0 saturated carbocycles. The van der Waals surface area contributed by atoms with Crippen molar-refractivity contribution in [1.82, 2.24) is 10.2 Å². The number of carboxylic acids is 1. The Balaban J connectivity index is 2.46. The van der Waals surface area contributed by atoms with Gasteiger partial charge >= 0.3 is 5.97 Å². The van der Waals surface area contributed by atoms with E-state index < -0.39 is 11.4 Å². The number of nitrogens with zero attached hydrogens (tertiary/aromatic N) is 1. The van der Waals surface area contributed by atoms with E-state index in [1.807, 2.05) is 6.92 Å². The first-order valence-electron chi connectivity index (χ1n) is 7.01. The van der Waals surface area contributed by atoms with Crippen molar-refractivity contribution in [2.24, 2.45) is 11.3 Å². The maximum Gasteiger partial charge on any atom is 0.309 e. The first-order valence-corrected chi connectivity index (χ1v) is 7.01. The van der Waals surface area contributed by atoms with Crippen LogP contribution in [-0.4, -0.2) is 47.6 Å². The number of piperidine rings is 1. The van der Waals surface area contributed by atoms with Gasteiger partial charge in [0.25, 0.3) is 0 Å². The second-order valence-corrected chi connectivity index (χ2v) is 6.22. The fraction of sp³-hybridized carbons (Fsp3) is 0.857. The minimum absolute atomic E-state index is 0.0348. The molecule has 0 aromatic carbocycles. The Bertz CT molecular complexity index is 334. The van der Waals surface area contributed by atoms with Gasteiger partial charge in [-0.25, -0.2) is 0 Å². The molecule has 0 aromatic rings. The number of aliphatic carboxylic acids is 1. The highest BCUT2D eigenvalue weighted by Gasteiger charge is 2.38. The van der Waals surface area contributed by atoms with Crippen LogP contribution in [0.5, 0.6) is 0 Å². The zero-order valence-corrected chi connectivity index (χ0v) is 12.4. The summed E-state index contributed by atoms with van der Waals surface area (Å²) in [6.07, 6.45) is 1.20. The second kappa shape index (κ2) is 6.37. The van der Waals surface area contributed by atoms with Crippen LogP contribution in [0.25, 0.3) is 0 Å². The molecule has 0 aromatic heterocycles. The molecule has 1 atom stereocenters. The van der Waals surface area contributed by atoms with Crippen molar-refractivity contribution >= 4 is 11.9 Å². The standard InChI is InChI=1S/C14H26N2O3/c1-10(2)9-15-12(17)11(3)16-7-5-14(4,6-8-16)13(18)19/h10-11H,5-9H2,1-4H3,(H,15,17)(H,18,19). The smallest absolute Gasteiger partial charge is 0.309 e. The Morgan fingerprint density at radius 1 is 1.26 bits per heavy atom. The highest BCUT2D eigenvalue weighted by atomic mass is 16.4. The quantitative estimate of drug-likeness (QED) is 0.791. The molecule has 0 bridgehead atoms. The minimum atomic E-state index is -0.732. The first-order chi connectivity index (χ1) is 8.76. The molecular formula is C14H26N2O3. The molecule has 2 N–H and O–H groups in total. The number of rotatable bonds is 5. The molecule has 1 unspecified atom stereocenters. The third-order valence-corrected chi connectivity index (χ3v) is 4.03. The average Bonchev–Trinajstić information content (AvgIpc) is 2.35. The first kappa shape index (κ1) is 16.0. The van der Waals surface area contributed by atoms with Crippen molar-refractivity contribution < 1.29 is 14.7 Å². The van der Waals surface area contributed by atoms with Crippen molar-refractivity contribution in [3.05, 3.63) is 0 Å². The predicted molar refractivity (Wildman–Crippen MR) is 73.9 cm³/mol. The molecule has 0 radical (unpaired) electrons. The number of hydrogen-bond acceptors (Lipinski definition) is 3. The number of carboxylic acid groups (broad SMARTS) is 1. The molecule has 1 aliphatic heterocycles. The van der Waals surface area contributed by atoms with Crippen molar-refractivity contribution in [1.29, 1.82) is 0 Å². The molecule has 1 heterocycles. The number of carbonyl (C=O) groups excluding carboxylic acids is 1. The van der Waals surface area contributed by atoms with Crippen LogP contribution in [-0.2, 0) is 9.59 Å². The molecule has 0 spiro atoms. The van der Waals surface area contributed by atoms with Crippen LogP contribution in [0, 0.1) is 11.3 Å². The highest BCUT2D eigenvalue weighted by molar-refractivity contribution is 5.81. The molecule has 110 valence electrons. The van der Waals surface area contributed by atoms with Crippen molar-refractivity contribution in [2.45, 2.75) is 46.6 Å². The van der Waals surface area contributed by atoms with E-state index in [0.29, 0.717) is 38.4 Å². The van der Waals surface area contributed by atoms with E-state index in [-0.39, 0.29) is 11.9 Å². The summed E-state index contributed by atoms with van der Waals surface area (Å²) < 4.78 is 0. The lowest BCUT2D eigenvalue weighted by Gasteiger charge is -2.38. The Labute approximate surface area is 115 Å². The fourth-order valence-electron chi connectivity index (χ4n) is 2.24. The molecule has 1 aliphatic rings. The van der Waals surface area contributed by atoms with Crippen LogP contribution in [0.1, 0.15) is 40.5 Å². The van der Waals surface area contributed by atoms with Gasteiger partial charge in [0.05, 0.1) is 11.5 Å². The highest BCUT2D eigenvalue weighted by Crippen LogP contribution is 2.31. The molecule has 1 amide bonds. The van der Waals surface area contributed by atoms with Crippen molar-refractivity contribution in [2.75, 3.05) is 19.6 Å². The lowest BCUT2D eigenvalue weighted by molar-refractivity contribution is -0.151. The van der Waals surface area contributed by atoms with Gasteiger partial charge in [-0.1, -0.05) is 13.8 Å². The van der Waals surface area contributed by atoms with Gasteiger partial charge in [0.2, 0.25) is 5.91 Å². The monoisotopic (exact) mass is 270 g/mol. The van der Waals surface area contributed by atoms with Crippen LogP contribution in [0.4, 0.5) is 0 Å². The summed E-state index contributed by atoms with van der Waals surface area (Å²) in [4.78, 5) is 25.2. The van der Waals surface area contributed by atoms with Gasteiger partial charge < -0.3 is 10.4 Å². The molecule has 1 rings (SSSR count). The molecule has 0 aliphatic carbocycles. The summed E-state index contributed by atoms with van der Waals surface area (Å²) in [5, 5.41) is 12.1. The number of carbonyl (C=O) groups is 2. The van der Waals surface area contributed by atoms with Gasteiger partial charge in [0, 0.05) is 6.54 Å². The molecule has 1 fully saturated rings. The van der Waals surface area contributed by atoms with E-state index in [2.05, 4.69) is 24.1 Å². The van der Waals surface area contributed by atoms with Gasteiger partial charge in [0.15, 0.2) is 0 Å². The van der Waals surface area contributed by atoms with Crippen molar-refractivity contribution in [3.8, 4) is 0 Å². The van der Waals surface area contributed by atoms with E-state index >= 15 is 0 Å². The third-order valence-electron chi connectivity index (χ3n) is 4.03. The number of hydrogen-bond donors (Lipinski definition) is 2. The lowest BCUT2D eigenvalue weighted by atomic mass is 9.80. The Kier molecular flexibility index (Phi) is 5.35. The zero-order chi connectivity index (χ0) is 14.6. The summed E-state index contributed by atoms with van der Waals surface area (Å²) in [6, 6.07) is -0.183. The topological polar surface area (TPSA) is 69.6 Å². The summed E-state index contributed by atoms with van der Waals surface area (Å²) >= 11 is 0. The SMILES string of the molecule is CC(C)CNC(=O)C(C)N1CCC(C)(C(=O)O)CC1. The van der Waals surface area contributed by atoms with E-state index in [0.717, 1.165) is 0 Å². The fourth-order valence-corrected chi connectivity index (χ4v) is 2.24. The largest absolute Gasteiger partial charge is 0.481 e. The predicted octanol–water partition coefficient (Wildman–Crippen LogP) is 1.33. The number of amides is 1. The van der Waals surface area contributed by atoms with Crippen LogP contribution < -0.4 is 5.32 Å². The van der Waals surface area contributed by atoms with Gasteiger partial charge in [-0.3, -0.25) is 14.5 Å². The molecule has 5 heteroatoms. The van der Waals surface area contributed by atoms with E-state index in [1.54, 1.807) is 6.92 Å². The maximum atomic E-state index is 12.0. The van der Waals surface area contributed by atoms with Gasteiger partial charge in [-0.2, -0.15) is 0 Å². The van der Waals surface area contributed by atoms with Crippen molar-refractivity contribution in [3.63, 3.8) is 0 Å². The zero-order valence-electron chi connectivity index (χ0n) is 12.4. The maximum absolute atomic E-state index is 12.0. The van der Waals surface area contributed by atoms with Gasteiger partial charge in [-0.05, 0) is 45.7 Å². The Morgan fingerprint density at radius 3 is 2.21 bits per heavy atom. The average molecular weight is 270 g/mol. The molecule has 5 nitrogen and oxygen atoms in total. The second-order valence-electron chi connectivity index (χ2n) is 6.22. The summed E-state index contributed by atoms with van der Waals surface area (Å²) in [7, 11) is 0. The van der Waals surface area contributed by atoms with Crippen LogP contribution >= 0.6 is 0 Å². The van der Waals surface area contributed by atoms with Crippen LogP contribution in [0.2, 0.25) is 0 Å². The van der Waals surface area contributed by atoms with Crippen LogP contribution in [0.3, 0.4) is 0 Å². The molecular weight excluding hydrogens is 244 g/mol. The van der Waals surface area contributed by atoms with Gasteiger partial charge in [-0.15, -0.1) is 0 Å². The Morgan fingerprint density at radius 2 is 1.79 bits per heavy atom. The Hall–Kier alpha value is -1.10. The molecule has 19 heavy (non-hydrogen) atoms. The van der Waals surface area contributed by atoms with E-state index in [9.17, 15) is 14.7 Å². The van der Waals surface area contributed by atoms with Gasteiger partial charge in [0.1, 0.15) is 0 Å². The summed E-state index contributed by atoms with van der Waals surface area (Å²) in [5.74, 6) is -0.260. The number of nitrogens with one attached hydrogen (secondary N) is 1. The van der Waals surface area contributed by atoms with E-state index in [4.69, 9.17) is 0 Å². The summed E-state index contributed by atoms with van der Waals surface area (Å²) in [6.45, 7) is 9.81. The lowest BCUT2D eigenvalue weighted by Crippen LogP contribution is -2.51. The minimum Gasteiger partial charge on any atom is -0.481 e. The molecule has 1 saturated heterocycles. The number of likely N-dealkylation sites (tertiary alicyclic amines) is 1. The van der Waals surface area contributed by atoms with Crippen LogP contribution in [0.15, 0.2) is 0 Å².